The highest BCUT2D eigenvalue weighted by atomic mass is 16.5. The summed E-state index contributed by atoms with van der Waals surface area (Å²) in [5.74, 6) is -8.23. The Morgan fingerprint density at radius 2 is 1.03 bits per heavy atom. The van der Waals surface area contributed by atoms with Gasteiger partial charge in [-0.2, -0.15) is 0 Å². The number of amides is 4. The second kappa shape index (κ2) is 15.9. The smallest absolute Gasteiger partial charge is 0.327 e. The maximum Gasteiger partial charge on any atom is 0.327 e. The number of hydrogen-bond acceptors (Lipinski definition) is 10. The molecule has 0 bridgehead atoms. The molecule has 2 rings (SSSR count). The van der Waals surface area contributed by atoms with Gasteiger partial charge in [-0.15, -0.1) is 0 Å². The number of carbonyl (C=O) groups excluding carboxylic acids is 4. The first-order valence-electron chi connectivity index (χ1n) is 10.6. The lowest BCUT2D eigenvalue weighted by Crippen LogP contribution is -2.45. The van der Waals surface area contributed by atoms with Gasteiger partial charge in [0.05, 0.1) is 26.1 Å². The van der Waals surface area contributed by atoms with Crippen LogP contribution in [0.2, 0.25) is 0 Å². The van der Waals surface area contributed by atoms with Crippen molar-refractivity contribution in [1.82, 2.24) is 9.80 Å². The second-order valence-electron chi connectivity index (χ2n) is 7.14. The largest absolute Gasteiger partial charge is 0.481 e. The number of ether oxygens (including phenoxy) is 1. The fourth-order valence-electron chi connectivity index (χ4n) is 3.00. The molecule has 0 spiro atoms. The fraction of sp³-hybridized carbons (Fsp3) is 0.600. The van der Waals surface area contributed by atoms with Crippen LogP contribution < -0.4 is 0 Å². The van der Waals surface area contributed by atoms with Gasteiger partial charge >= 0.3 is 23.9 Å². The molecule has 4 amide bonds. The molecule has 0 radical (unpaired) electrons. The Labute approximate surface area is 204 Å². The van der Waals surface area contributed by atoms with Crippen molar-refractivity contribution in [2.75, 3.05) is 19.8 Å². The van der Waals surface area contributed by atoms with E-state index in [4.69, 9.17) is 30.3 Å². The Morgan fingerprint density at radius 3 is 1.19 bits per heavy atom. The molecule has 0 aromatic rings. The quantitative estimate of drug-likeness (QED) is 0.148. The van der Waals surface area contributed by atoms with Crippen LogP contribution in [-0.2, 0) is 43.1 Å². The number of likely N-dealkylation sites (tertiary alicyclic amines) is 2. The number of aliphatic hydroxyl groups is 1. The van der Waals surface area contributed by atoms with Gasteiger partial charge in [-0.3, -0.25) is 38.6 Å². The third-order valence-corrected chi connectivity index (χ3v) is 4.55. The molecule has 202 valence electrons. The number of hydrogen-bond donors (Lipinski definition) is 5. The minimum Gasteiger partial charge on any atom is -0.481 e. The van der Waals surface area contributed by atoms with E-state index in [9.17, 15) is 38.4 Å². The summed E-state index contributed by atoms with van der Waals surface area (Å²) in [6, 6.07) is -3.19. The van der Waals surface area contributed by atoms with Crippen LogP contribution in [0.15, 0.2) is 0 Å². The zero-order valence-corrected chi connectivity index (χ0v) is 19.3. The lowest BCUT2D eigenvalue weighted by molar-refractivity contribution is -0.157. The molecule has 16 heteroatoms. The van der Waals surface area contributed by atoms with Crippen LogP contribution in [0.3, 0.4) is 0 Å². The Hall–Kier alpha value is -3.92. The molecule has 2 unspecified atom stereocenters. The summed E-state index contributed by atoms with van der Waals surface area (Å²) >= 11 is 0. The number of imide groups is 2. The zero-order valence-electron chi connectivity index (χ0n) is 19.3. The summed E-state index contributed by atoms with van der Waals surface area (Å²) in [7, 11) is 0. The van der Waals surface area contributed by atoms with E-state index in [1.54, 1.807) is 0 Å². The minimum atomic E-state index is -1.59. The van der Waals surface area contributed by atoms with Crippen LogP contribution >= 0.6 is 0 Å². The number of carboxylic acid groups (broad SMARTS) is 4. The van der Waals surface area contributed by atoms with Crippen LogP contribution in [0.1, 0.15) is 45.4 Å². The maximum absolute atomic E-state index is 11.2. The first kappa shape index (κ1) is 32.1. The Morgan fingerprint density at radius 1 is 0.722 bits per heavy atom. The van der Waals surface area contributed by atoms with E-state index in [1.807, 2.05) is 6.92 Å². The van der Waals surface area contributed by atoms with Gasteiger partial charge in [-0.05, 0) is 6.92 Å². The normalized spacial score (nSPS) is 16.5. The molecule has 2 aliphatic rings. The molecule has 16 nitrogen and oxygen atoms in total. The van der Waals surface area contributed by atoms with Crippen molar-refractivity contribution >= 4 is 47.5 Å². The van der Waals surface area contributed by atoms with Gasteiger partial charge in [0.2, 0.25) is 23.6 Å². The number of rotatable bonds is 11. The van der Waals surface area contributed by atoms with E-state index >= 15 is 0 Å². The predicted molar refractivity (Wildman–Crippen MR) is 113 cm³/mol. The van der Waals surface area contributed by atoms with Crippen molar-refractivity contribution in [3.8, 4) is 0 Å². The molecule has 2 atom stereocenters. The third-order valence-electron chi connectivity index (χ3n) is 4.55. The second-order valence-corrected chi connectivity index (χ2v) is 7.14. The Kier molecular flexibility index (Phi) is 14.2. The molecular weight excluding hydrogens is 492 g/mol. The molecule has 2 saturated heterocycles. The average Bonchev–Trinajstić information content (AvgIpc) is 3.29. The molecule has 2 heterocycles. The SMILES string of the molecule is CCOCCO.O=C(O)CC(C(=O)O)N1C(=O)CCC1=O.O=C(O)CC(C(=O)O)N1C(=O)CCC1=O. The zero-order chi connectivity index (χ0) is 28.0. The van der Waals surface area contributed by atoms with E-state index in [0.717, 1.165) is 0 Å². The van der Waals surface area contributed by atoms with Gasteiger partial charge in [0.25, 0.3) is 0 Å². The number of aliphatic hydroxyl groups excluding tert-OH is 1. The molecular formula is C20H28N2O14. The lowest BCUT2D eigenvalue weighted by Gasteiger charge is -2.20. The van der Waals surface area contributed by atoms with Gasteiger partial charge < -0.3 is 30.3 Å². The highest BCUT2D eigenvalue weighted by Gasteiger charge is 2.40. The van der Waals surface area contributed by atoms with E-state index in [0.29, 0.717) is 23.0 Å². The van der Waals surface area contributed by atoms with Crippen molar-refractivity contribution < 1.29 is 68.6 Å². The van der Waals surface area contributed by atoms with Crippen molar-refractivity contribution in [1.29, 1.82) is 0 Å². The van der Waals surface area contributed by atoms with Crippen LogP contribution in [-0.4, -0.2) is 115 Å². The van der Waals surface area contributed by atoms with Crippen LogP contribution in [0.25, 0.3) is 0 Å². The topological polar surface area (TPSA) is 253 Å². The summed E-state index contributed by atoms with van der Waals surface area (Å²) in [6.07, 6.45) is -1.76. The first-order valence-corrected chi connectivity index (χ1v) is 10.6. The highest BCUT2D eigenvalue weighted by Crippen LogP contribution is 2.18. The maximum atomic E-state index is 11.2. The molecule has 5 N–H and O–H groups in total. The standard InChI is InChI=1S/2C8H9NO6.C4H10O2/c2*10-5-1-2-6(11)9(5)4(8(14)15)3-7(12)13;1-2-6-4-3-5/h2*4H,1-3H2,(H,12,13)(H,14,15);5H,2-4H2,1H3. The number of aliphatic carboxylic acids is 4. The van der Waals surface area contributed by atoms with Crippen LogP contribution in [0.5, 0.6) is 0 Å². The molecule has 2 aliphatic heterocycles. The van der Waals surface area contributed by atoms with Gasteiger partial charge in [-0.1, -0.05) is 0 Å². The average molecular weight is 520 g/mol. The van der Waals surface area contributed by atoms with Crippen molar-refractivity contribution in [3.05, 3.63) is 0 Å². The Balaban J connectivity index is 0.000000558. The molecule has 0 aromatic carbocycles. The number of carboxylic acids is 4. The van der Waals surface area contributed by atoms with E-state index in [2.05, 4.69) is 0 Å². The van der Waals surface area contributed by atoms with Crippen molar-refractivity contribution in [3.63, 3.8) is 0 Å². The molecule has 0 saturated carbocycles. The summed E-state index contributed by atoms with van der Waals surface area (Å²) in [6.45, 7) is 3.20. The van der Waals surface area contributed by atoms with E-state index < -0.39 is 72.4 Å². The molecule has 36 heavy (non-hydrogen) atoms. The summed E-state index contributed by atoms with van der Waals surface area (Å²) in [4.78, 5) is 87.8. The van der Waals surface area contributed by atoms with Crippen LogP contribution in [0.4, 0.5) is 0 Å². The van der Waals surface area contributed by atoms with Crippen molar-refractivity contribution in [2.24, 2.45) is 0 Å². The van der Waals surface area contributed by atoms with E-state index in [1.165, 1.54) is 0 Å². The Bertz CT molecular complexity index is 768. The lowest BCUT2D eigenvalue weighted by atomic mass is 10.2. The fourth-order valence-corrected chi connectivity index (χ4v) is 3.00. The monoisotopic (exact) mass is 520 g/mol. The van der Waals surface area contributed by atoms with Crippen molar-refractivity contribution in [2.45, 2.75) is 57.5 Å². The van der Waals surface area contributed by atoms with Crippen LogP contribution in [0, 0.1) is 0 Å². The predicted octanol–water partition coefficient (Wildman–Crippen LogP) is -1.86. The summed E-state index contributed by atoms with van der Waals surface area (Å²) in [5, 5.41) is 42.4. The minimum absolute atomic E-state index is 0.0533. The summed E-state index contributed by atoms with van der Waals surface area (Å²) < 4.78 is 4.73. The first-order chi connectivity index (χ1) is 16.8. The third kappa shape index (κ3) is 10.6. The number of nitrogens with zero attached hydrogens (tertiary/aromatic N) is 2. The molecule has 2 fully saturated rings. The van der Waals surface area contributed by atoms with Gasteiger partial charge in [-0.25, -0.2) is 9.59 Å². The highest BCUT2D eigenvalue weighted by molar-refractivity contribution is 6.06. The molecule has 0 aliphatic carbocycles. The number of carbonyl (C=O) groups is 8. The van der Waals surface area contributed by atoms with E-state index in [-0.39, 0.29) is 32.3 Å². The van der Waals surface area contributed by atoms with Gasteiger partial charge in [0, 0.05) is 32.3 Å². The molecule has 0 aromatic heterocycles. The van der Waals surface area contributed by atoms with Gasteiger partial charge in [0.1, 0.15) is 12.1 Å². The van der Waals surface area contributed by atoms with Gasteiger partial charge in [0.15, 0.2) is 0 Å². The summed E-state index contributed by atoms with van der Waals surface area (Å²) in [5.41, 5.74) is 0.